The van der Waals surface area contributed by atoms with Crippen LogP contribution < -0.4 is 5.32 Å². The summed E-state index contributed by atoms with van der Waals surface area (Å²) < 4.78 is 0.976. The van der Waals surface area contributed by atoms with Crippen LogP contribution in [-0.2, 0) is 4.79 Å². The van der Waals surface area contributed by atoms with Crippen molar-refractivity contribution in [2.75, 3.05) is 4.43 Å². The molecule has 3 unspecified atom stereocenters. The Morgan fingerprint density at radius 1 is 1.39 bits per heavy atom. The zero-order valence-electron chi connectivity index (χ0n) is 10.9. The van der Waals surface area contributed by atoms with E-state index in [1.807, 2.05) is 18.2 Å². The van der Waals surface area contributed by atoms with Crippen LogP contribution in [0.25, 0.3) is 0 Å². The van der Waals surface area contributed by atoms with Crippen LogP contribution in [0.15, 0.2) is 30.3 Å². The zero-order valence-corrected chi connectivity index (χ0v) is 13.1. The van der Waals surface area contributed by atoms with Gasteiger partial charge in [0.25, 0.3) is 0 Å². The van der Waals surface area contributed by atoms with Gasteiger partial charge in [-0.05, 0) is 23.8 Å². The summed E-state index contributed by atoms with van der Waals surface area (Å²) >= 11 is 2.34. The van der Waals surface area contributed by atoms with Gasteiger partial charge in [0.2, 0.25) is 5.91 Å². The van der Waals surface area contributed by atoms with Crippen LogP contribution in [0.4, 0.5) is 0 Å². The highest BCUT2D eigenvalue weighted by Gasteiger charge is 2.44. The molecule has 1 saturated carbocycles. The molecule has 98 valence electrons. The van der Waals surface area contributed by atoms with Crippen LogP contribution in [0, 0.1) is 11.8 Å². The molecule has 18 heavy (non-hydrogen) atoms. The molecule has 0 aromatic heterocycles. The molecule has 1 amide bonds. The summed E-state index contributed by atoms with van der Waals surface area (Å²) in [6.45, 7) is 4.32. The maximum absolute atomic E-state index is 12.1. The van der Waals surface area contributed by atoms with Gasteiger partial charge in [0.1, 0.15) is 0 Å². The van der Waals surface area contributed by atoms with E-state index in [0.29, 0.717) is 17.9 Å². The number of hydrogen-bond acceptors (Lipinski definition) is 1. The second kappa shape index (κ2) is 6.04. The van der Waals surface area contributed by atoms with Gasteiger partial charge in [-0.2, -0.15) is 0 Å². The van der Waals surface area contributed by atoms with Crippen LogP contribution in [-0.4, -0.2) is 16.4 Å². The second-order valence-electron chi connectivity index (χ2n) is 5.37. The highest BCUT2D eigenvalue weighted by Crippen LogP contribution is 2.47. The number of carbonyl (C=O) groups excluding carboxylic acids is 1. The lowest BCUT2D eigenvalue weighted by molar-refractivity contribution is -0.123. The predicted octanol–water partition coefficient (Wildman–Crippen LogP) is 3.37. The topological polar surface area (TPSA) is 29.1 Å². The van der Waals surface area contributed by atoms with Gasteiger partial charge in [0, 0.05) is 16.4 Å². The number of nitrogens with one attached hydrogen (secondary N) is 1. The molecule has 0 saturated heterocycles. The molecule has 0 aliphatic heterocycles. The van der Waals surface area contributed by atoms with E-state index in [9.17, 15) is 4.79 Å². The number of alkyl halides is 1. The fraction of sp³-hybridized carbons (Fsp3) is 0.533. The number of amides is 1. The Bertz CT molecular complexity index is 404. The first-order chi connectivity index (χ1) is 8.63. The van der Waals surface area contributed by atoms with Crippen LogP contribution in [0.3, 0.4) is 0 Å². The Hall–Kier alpha value is -0.580. The van der Waals surface area contributed by atoms with Gasteiger partial charge in [-0.1, -0.05) is 66.8 Å². The molecular formula is C15H20INO. The predicted molar refractivity (Wildman–Crippen MR) is 82.9 cm³/mol. The Balaban J connectivity index is 1.90. The standard InChI is InChI=1S/C15H20INO/c1-10(2)14(9-16)17-15(18)13-8-12(13)11-6-4-3-5-7-11/h3-7,10,12-14H,8-9H2,1-2H3,(H,17,18). The fourth-order valence-electron chi connectivity index (χ4n) is 2.23. The van der Waals surface area contributed by atoms with Crippen molar-refractivity contribution in [1.82, 2.24) is 5.32 Å². The van der Waals surface area contributed by atoms with Gasteiger partial charge in [-0.3, -0.25) is 4.79 Å². The minimum absolute atomic E-state index is 0.191. The summed E-state index contributed by atoms with van der Waals surface area (Å²) in [7, 11) is 0. The van der Waals surface area contributed by atoms with E-state index in [1.165, 1.54) is 5.56 Å². The lowest BCUT2D eigenvalue weighted by atomic mass is 10.1. The third-order valence-corrected chi connectivity index (χ3v) is 4.60. The lowest BCUT2D eigenvalue weighted by Gasteiger charge is -2.20. The molecule has 0 radical (unpaired) electrons. The Morgan fingerprint density at radius 3 is 2.61 bits per heavy atom. The van der Waals surface area contributed by atoms with Crippen molar-refractivity contribution in [2.45, 2.75) is 32.2 Å². The summed E-state index contributed by atoms with van der Waals surface area (Å²) in [5, 5.41) is 3.18. The molecule has 0 spiro atoms. The minimum Gasteiger partial charge on any atom is -0.352 e. The molecule has 1 aromatic carbocycles. The van der Waals surface area contributed by atoms with Gasteiger partial charge >= 0.3 is 0 Å². The number of carbonyl (C=O) groups is 1. The van der Waals surface area contributed by atoms with E-state index < -0.39 is 0 Å². The van der Waals surface area contributed by atoms with E-state index in [4.69, 9.17) is 0 Å². The summed E-state index contributed by atoms with van der Waals surface area (Å²) in [5.41, 5.74) is 1.30. The monoisotopic (exact) mass is 357 g/mol. The van der Waals surface area contributed by atoms with Crippen molar-refractivity contribution in [3.05, 3.63) is 35.9 Å². The Labute approximate surface area is 123 Å². The third kappa shape index (κ3) is 3.25. The van der Waals surface area contributed by atoms with Gasteiger partial charge in [-0.25, -0.2) is 0 Å². The minimum atomic E-state index is 0.191. The van der Waals surface area contributed by atoms with E-state index in [0.717, 1.165) is 10.8 Å². The number of benzene rings is 1. The third-order valence-electron chi connectivity index (χ3n) is 3.65. The smallest absolute Gasteiger partial charge is 0.224 e. The lowest BCUT2D eigenvalue weighted by Crippen LogP contribution is -2.40. The van der Waals surface area contributed by atoms with Crippen molar-refractivity contribution in [3.63, 3.8) is 0 Å². The zero-order chi connectivity index (χ0) is 13.1. The highest BCUT2D eigenvalue weighted by molar-refractivity contribution is 14.1. The van der Waals surface area contributed by atoms with Crippen LogP contribution in [0.1, 0.15) is 31.7 Å². The van der Waals surface area contributed by atoms with Crippen LogP contribution in [0.2, 0.25) is 0 Å². The first kappa shape index (κ1) is 13.8. The molecule has 0 bridgehead atoms. The Morgan fingerprint density at radius 2 is 2.06 bits per heavy atom. The Kier molecular flexibility index (Phi) is 4.65. The average Bonchev–Trinajstić information content (AvgIpc) is 3.16. The van der Waals surface area contributed by atoms with Gasteiger partial charge in [0.15, 0.2) is 0 Å². The van der Waals surface area contributed by atoms with E-state index in [-0.39, 0.29) is 11.8 Å². The first-order valence-corrected chi connectivity index (χ1v) is 8.07. The molecule has 0 heterocycles. The number of rotatable bonds is 5. The molecule has 1 N–H and O–H groups in total. The maximum Gasteiger partial charge on any atom is 0.224 e. The van der Waals surface area contributed by atoms with Crippen molar-refractivity contribution in [2.24, 2.45) is 11.8 Å². The largest absolute Gasteiger partial charge is 0.352 e. The van der Waals surface area contributed by atoms with Gasteiger partial charge in [0.05, 0.1) is 0 Å². The highest BCUT2D eigenvalue weighted by atomic mass is 127. The number of halogens is 1. The molecule has 1 aromatic rings. The molecule has 3 atom stereocenters. The van der Waals surface area contributed by atoms with Crippen LogP contribution >= 0.6 is 22.6 Å². The molecular weight excluding hydrogens is 337 g/mol. The molecule has 1 fully saturated rings. The normalized spacial score (nSPS) is 23.8. The quantitative estimate of drug-likeness (QED) is 0.636. The maximum atomic E-state index is 12.1. The van der Waals surface area contributed by atoms with Crippen LogP contribution in [0.5, 0.6) is 0 Å². The number of hydrogen-bond donors (Lipinski definition) is 1. The molecule has 1 aliphatic carbocycles. The first-order valence-electron chi connectivity index (χ1n) is 6.54. The summed E-state index contributed by atoms with van der Waals surface area (Å²) in [4.78, 5) is 12.1. The van der Waals surface area contributed by atoms with Crippen molar-refractivity contribution in [1.29, 1.82) is 0 Å². The van der Waals surface area contributed by atoms with Crippen molar-refractivity contribution < 1.29 is 4.79 Å². The molecule has 2 nitrogen and oxygen atoms in total. The summed E-state index contributed by atoms with van der Waals surface area (Å²) in [6.07, 6.45) is 1.00. The van der Waals surface area contributed by atoms with Gasteiger partial charge < -0.3 is 5.32 Å². The fourth-order valence-corrected chi connectivity index (χ4v) is 3.46. The van der Waals surface area contributed by atoms with Crippen molar-refractivity contribution in [3.8, 4) is 0 Å². The van der Waals surface area contributed by atoms with Gasteiger partial charge in [-0.15, -0.1) is 0 Å². The van der Waals surface area contributed by atoms with E-state index in [2.05, 4.69) is 53.9 Å². The summed E-state index contributed by atoms with van der Waals surface area (Å²) in [6, 6.07) is 10.7. The molecule has 3 heteroatoms. The van der Waals surface area contributed by atoms with E-state index >= 15 is 0 Å². The average molecular weight is 357 g/mol. The SMILES string of the molecule is CC(C)C(CI)NC(=O)C1CC1c1ccccc1. The van der Waals surface area contributed by atoms with Crippen molar-refractivity contribution >= 4 is 28.5 Å². The molecule has 1 aliphatic rings. The second-order valence-corrected chi connectivity index (χ2v) is 6.25. The summed E-state index contributed by atoms with van der Waals surface area (Å²) in [5.74, 6) is 1.36. The van der Waals surface area contributed by atoms with E-state index in [1.54, 1.807) is 0 Å². The molecule has 2 rings (SSSR count).